The van der Waals surface area contributed by atoms with Crippen LogP contribution in [0.2, 0.25) is 0 Å². The third-order valence-corrected chi connectivity index (χ3v) is 5.22. The molecule has 31 heavy (non-hydrogen) atoms. The predicted molar refractivity (Wildman–Crippen MR) is 111 cm³/mol. The molecule has 160 valence electrons. The molecule has 1 amide bonds. The lowest BCUT2D eigenvalue weighted by Gasteiger charge is -2.11. The largest absolute Gasteiger partial charge is 0.490 e. The molecule has 0 radical (unpaired) electrons. The third kappa shape index (κ3) is 4.09. The van der Waals surface area contributed by atoms with Crippen LogP contribution in [0.25, 0.3) is 11.4 Å². The Labute approximate surface area is 177 Å². The third-order valence-electron chi connectivity index (χ3n) is 5.22. The molecule has 3 aromatic rings. The van der Waals surface area contributed by atoms with Gasteiger partial charge in [-0.1, -0.05) is 6.42 Å². The summed E-state index contributed by atoms with van der Waals surface area (Å²) in [5.41, 5.74) is 0.231. The summed E-state index contributed by atoms with van der Waals surface area (Å²) in [6.45, 7) is 0.784. The van der Waals surface area contributed by atoms with Gasteiger partial charge in [-0.05, 0) is 43.2 Å². The number of carbonyl (C=O) groups is 1. The van der Waals surface area contributed by atoms with Gasteiger partial charge in [-0.3, -0.25) is 14.9 Å². The standard InChI is InChI=1S/C21H20FN5O4/c1-31-18-9-7-14(12-17(18)27(29)30)21(28)23-16-11-13(6-8-15(16)22)20-25-24-19-5-3-2-4-10-26(19)20/h6-9,11-12H,2-5,10H2,1H3,(H,23,28). The second-order valence-electron chi connectivity index (χ2n) is 7.19. The molecule has 1 N–H and O–H groups in total. The number of hydrogen-bond acceptors (Lipinski definition) is 6. The minimum absolute atomic E-state index is 0.00801. The number of nitrogens with one attached hydrogen (secondary N) is 1. The Balaban J connectivity index is 1.63. The number of benzene rings is 2. The molecule has 1 aliphatic heterocycles. The van der Waals surface area contributed by atoms with Crippen LogP contribution in [0, 0.1) is 15.9 Å². The SMILES string of the molecule is COc1ccc(C(=O)Nc2cc(-c3nnc4n3CCCCC4)ccc2F)cc1[N+](=O)[O-]. The number of methoxy groups -OCH3 is 1. The number of ether oxygens (including phenoxy) is 1. The summed E-state index contributed by atoms with van der Waals surface area (Å²) in [6, 6.07) is 8.12. The van der Waals surface area contributed by atoms with Gasteiger partial charge in [0.15, 0.2) is 11.6 Å². The van der Waals surface area contributed by atoms with Crippen molar-refractivity contribution in [1.82, 2.24) is 14.8 Å². The van der Waals surface area contributed by atoms with Crippen molar-refractivity contribution < 1.29 is 18.8 Å². The molecule has 0 fully saturated rings. The lowest BCUT2D eigenvalue weighted by atomic mass is 10.1. The van der Waals surface area contributed by atoms with E-state index in [0.29, 0.717) is 11.4 Å². The summed E-state index contributed by atoms with van der Waals surface area (Å²) in [5.74, 6) is 0.236. The zero-order valence-electron chi connectivity index (χ0n) is 16.8. The number of halogens is 1. The van der Waals surface area contributed by atoms with Crippen molar-refractivity contribution >= 4 is 17.3 Å². The number of amides is 1. The van der Waals surface area contributed by atoms with Gasteiger partial charge in [0.05, 0.1) is 17.7 Å². The van der Waals surface area contributed by atoms with Crippen molar-refractivity contribution in [1.29, 1.82) is 0 Å². The highest BCUT2D eigenvalue weighted by Gasteiger charge is 2.20. The van der Waals surface area contributed by atoms with Crippen LogP contribution in [0.1, 0.15) is 35.4 Å². The number of aryl methyl sites for hydroxylation is 1. The Morgan fingerprint density at radius 1 is 1.19 bits per heavy atom. The number of nitrogens with zero attached hydrogens (tertiary/aromatic N) is 4. The van der Waals surface area contributed by atoms with Crippen LogP contribution in [0.4, 0.5) is 15.8 Å². The van der Waals surface area contributed by atoms with Gasteiger partial charge >= 0.3 is 5.69 Å². The van der Waals surface area contributed by atoms with Crippen LogP contribution < -0.4 is 10.1 Å². The lowest BCUT2D eigenvalue weighted by Crippen LogP contribution is -2.13. The molecule has 0 unspecified atom stereocenters. The molecular weight excluding hydrogens is 405 g/mol. The zero-order chi connectivity index (χ0) is 22.0. The van der Waals surface area contributed by atoms with E-state index in [1.807, 2.05) is 4.57 Å². The molecule has 0 spiro atoms. The number of rotatable bonds is 5. The first-order valence-corrected chi connectivity index (χ1v) is 9.83. The van der Waals surface area contributed by atoms with E-state index < -0.39 is 16.6 Å². The average molecular weight is 425 g/mol. The van der Waals surface area contributed by atoms with Gasteiger partial charge in [0, 0.05) is 30.2 Å². The highest BCUT2D eigenvalue weighted by molar-refractivity contribution is 6.05. The lowest BCUT2D eigenvalue weighted by molar-refractivity contribution is -0.385. The van der Waals surface area contributed by atoms with Gasteiger partial charge in [0.2, 0.25) is 0 Å². The Morgan fingerprint density at radius 2 is 2.03 bits per heavy atom. The number of anilines is 1. The Bertz CT molecular complexity index is 1160. The van der Waals surface area contributed by atoms with E-state index >= 15 is 0 Å². The molecule has 10 heteroatoms. The number of carbonyl (C=O) groups excluding carboxylic acids is 1. The van der Waals surface area contributed by atoms with Gasteiger partial charge in [0.1, 0.15) is 11.6 Å². The molecule has 4 rings (SSSR count). The minimum atomic E-state index is -0.679. The van der Waals surface area contributed by atoms with Crippen LogP contribution in [0.3, 0.4) is 0 Å². The quantitative estimate of drug-likeness (QED) is 0.489. The molecule has 0 saturated carbocycles. The zero-order valence-corrected chi connectivity index (χ0v) is 16.8. The van der Waals surface area contributed by atoms with Crippen molar-refractivity contribution in [2.45, 2.75) is 32.2 Å². The Morgan fingerprint density at radius 3 is 2.81 bits per heavy atom. The summed E-state index contributed by atoms with van der Waals surface area (Å²) in [5, 5.41) is 22.2. The fourth-order valence-electron chi connectivity index (χ4n) is 3.63. The van der Waals surface area contributed by atoms with E-state index in [0.717, 1.165) is 44.1 Å². The van der Waals surface area contributed by atoms with Gasteiger partial charge in [-0.15, -0.1) is 10.2 Å². The highest BCUT2D eigenvalue weighted by Crippen LogP contribution is 2.29. The first kappa shape index (κ1) is 20.5. The molecule has 1 aromatic heterocycles. The summed E-state index contributed by atoms with van der Waals surface area (Å²) in [6.07, 6.45) is 4.02. The topological polar surface area (TPSA) is 112 Å². The molecule has 1 aliphatic rings. The maximum Gasteiger partial charge on any atom is 0.311 e. The van der Waals surface area contributed by atoms with E-state index in [2.05, 4.69) is 15.5 Å². The van der Waals surface area contributed by atoms with E-state index in [9.17, 15) is 19.3 Å². The Kier molecular flexibility index (Phi) is 5.61. The van der Waals surface area contributed by atoms with Crippen LogP contribution in [0.15, 0.2) is 36.4 Å². The number of nitro benzene ring substituents is 1. The molecule has 0 saturated heterocycles. The van der Waals surface area contributed by atoms with E-state index in [1.165, 1.54) is 31.4 Å². The van der Waals surface area contributed by atoms with Crippen molar-refractivity contribution in [3.05, 3.63) is 63.7 Å². The molecule has 2 aromatic carbocycles. The summed E-state index contributed by atoms with van der Waals surface area (Å²) in [7, 11) is 1.30. The Hall–Kier alpha value is -3.82. The molecule has 0 bridgehead atoms. The number of nitro groups is 1. The normalized spacial score (nSPS) is 13.2. The second kappa shape index (κ2) is 8.50. The fourth-order valence-corrected chi connectivity index (χ4v) is 3.63. The van der Waals surface area contributed by atoms with Crippen LogP contribution in [-0.4, -0.2) is 32.7 Å². The fraction of sp³-hybridized carbons (Fsp3) is 0.286. The van der Waals surface area contributed by atoms with Crippen LogP contribution in [-0.2, 0) is 13.0 Å². The molecule has 0 aliphatic carbocycles. The number of hydrogen-bond donors (Lipinski definition) is 1. The summed E-state index contributed by atoms with van der Waals surface area (Å²) >= 11 is 0. The van der Waals surface area contributed by atoms with Gasteiger partial charge in [-0.2, -0.15) is 0 Å². The molecule has 9 nitrogen and oxygen atoms in total. The molecular formula is C21H20FN5O4. The van der Waals surface area contributed by atoms with E-state index in [-0.39, 0.29) is 22.7 Å². The maximum atomic E-state index is 14.4. The predicted octanol–water partition coefficient (Wildman–Crippen LogP) is 3.98. The van der Waals surface area contributed by atoms with E-state index in [4.69, 9.17) is 4.74 Å². The smallest absolute Gasteiger partial charge is 0.311 e. The van der Waals surface area contributed by atoms with Crippen molar-refractivity contribution in [3.8, 4) is 17.1 Å². The van der Waals surface area contributed by atoms with Gasteiger partial charge < -0.3 is 14.6 Å². The van der Waals surface area contributed by atoms with Crippen LogP contribution >= 0.6 is 0 Å². The number of aromatic nitrogens is 3. The second-order valence-corrected chi connectivity index (χ2v) is 7.19. The average Bonchev–Trinajstić information content (AvgIpc) is 3.02. The monoisotopic (exact) mass is 425 g/mol. The highest BCUT2D eigenvalue weighted by atomic mass is 19.1. The number of fused-ring (bicyclic) bond motifs is 1. The van der Waals surface area contributed by atoms with Crippen molar-refractivity contribution in [3.63, 3.8) is 0 Å². The van der Waals surface area contributed by atoms with Crippen molar-refractivity contribution in [2.75, 3.05) is 12.4 Å². The van der Waals surface area contributed by atoms with E-state index in [1.54, 1.807) is 6.07 Å². The van der Waals surface area contributed by atoms with Crippen LogP contribution in [0.5, 0.6) is 5.75 Å². The van der Waals surface area contributed by atoms with Gasteiger partial charge in [0.25, 0.3) is 5.91 Å². The maximum absolute atomic E-state index is 14.4. The minimum Gasteiger partial charge on any atom is -0.490 e. The molecule has 0 atom stereocenters. The van der Waals surface area contributed by atoms with Gasteiger partial charge in [-0.25, -0.2) is 4.39 Å². The first-order valence-electron chi connectivity index (χ1n) is 9.83. The summed E-state index contributed by atoms with van der Waals surface area (Å²) < 4.78 is 21.4. The summed E-state index contributed by atoms with van der Waals surface area (Å²) in [4.78, 5) is 23.2. The first-order chi connectivity index (χ1) is 15.0. The van der Waals surface area contributed by atoms with Crippen molar-refractivity contribution in [2.24, 2.45) is 0 Å². The molecule has 2 heterocycles.